The summed E-state index contributed by atoms with van der Waals surface area (Å²) in [5.41, 5.74) is 1.93. The van der Waals surface area contributed by atoms with E-state index in [4.69, 9.17) is 21.1 Å². The van der Waals surface area contributed by atoms with Crippen molar-refractivity contribution in [1.29, 1.82) is 0 Å². The van der Waals surface area contributed by atoms with Gasteiger partial charge in [-0.1, -0.05) is 84.4 Å². The van der Waals surface area contributed by atoms with E-state index in [1.165, 1.54) is 13.0 Å². The first kappa shape index (κ1) is 28.1. The Bertz CT molecular complexity index is 1260. The quantitative estimate of drug-likeness (QED) is 0.214. The fourth-order valence-electron chi connectivity index (χ4n) is 3.78. The summed E-state index contributed by atoms with van der Waals surface area (Å²) in [6.45, 7) is 0.238. The molecule has 0 saturated heterocycles. The molecule has 3 rings (SSSR count). The third-order valence-electron chi connectivity index (χ3n) is 5.81. The van der Waals surface area contributed by atoms with Crippen molar-refractivity contribution in [3.8, 4) is 0 Å². The predicted octanol–water partition coefficient (Wildman–Crippen LogP) is 5.14. The molecule has 3 aromatic carbocycles. The average Bonchev–Trinajstić information content (AvgIpc) is 2.93. The number of nitrogens with one attached hydrogen (secondary N) is 1. The molecule has 3 aromatic rings. The second kappa shape index (κ2) is 13.2. The number of hydrazine groups is 1. The van der Waals surface area contributed by atoms with E-state index >= 15 is 0 Å². The largest absolute Gasteiger partial charge is 0.443 e. The van der Waals surface area contributed by atoms with E-state index in [-0.39, 0.29) is 18.2 Å². The Morgan fingerprint density at radius 3 is 2.11 bits per heavy atom. The number of carbonyl (C=O) groups is 3. The number of hydrogen-bond acceptors (Lipinski definition) is 7. The highest BCUT2D eigenvalue weighted by atomic mass is 35.5. The number of nitrogens with zero attached hydrogens (tertiary/aromatic N) is 2. The standard InChI is InChI=1S/C27H26ClN3O7/c1-27(19-32,24(16-30(35)36)22-13-8-14-23(28)15-22)31(26(34)38-18-21-11-6-3-7-12-21)29-25(33)37-17-20-9-4-2-5-10-20/h2-15,19,24H,16-18H2,1H3,(H,29,33)/t24-,27-/m1/s1. The second-order valence-electron chi connectivity index (χ2n) is 8.52. The molecular formula is C27H26ClN3O7. The Balaban J connectivity index is 1.93. The second-order valence-corrected chi connectivity index (χ2v) is 8.95. The number of hydrogen-bond donors (Lipinski definition) is 1. The molecule has 2 amide bonds. The molecule has 1 N–H and O–H groups in total. The molecule has 0 saturated carbocycles. The third-order valence-corrected chi connectivity index (χ3v) is 6.05. The molecule has 0 aliphatic rings. The zero-order chi connectivity index (χ0) is 27.5. The highest BCUT2D eigenvalue weighted by Crippen LogP contribution is 2.33. The first-order chi connectivity index (χ1) is 18.2. The van der Waals surface area contributed by atoms with Crippen LogP contribution in [0.5, 0.6) is 0 Å². The van der Waals surface area contributed by atoms with Crippen molar-refractivity contribution < 1.29 is 28.8 Å². The summed E-state index contributed by atoms with van der Waals surface area (Å²) in [5.74, 6) is -1.22. The maximum absolute atomic E-state index is 13.3. The van der Waals surface area contributed by atoms with Crippen LogP contribution in [0.15, 0.2) is 84.9 Å². The number of aldehydes is 1. The van der Waals surface area contributed by atoms with Gasteiger partial charge in [-0.3, -0.25) is 10.1 Å². The van der Waals surface area contributed by atoms with Crippen LogP contribution in [-0.2, 0) is 27.5 Å². The number of rotatable bonds is 10. The highest BCUT2D eigenvalue weighted by molar-refractivity contribution is 6.30. The summed E-state index contributed by atoms with van der Waals surface area (Å²) in [4.78, 5) is 49.6. The molecule has 0 bridgehead atoms. The molecule has 0 spiro atoms. The van der Waals surface area contributed by atoms with Crippen molar-refractivity contribution in [2.45, 2.75) is 31.6 Å². The molecule has 0 aromatic heterocycles. The molecular weight excluding hydrogens is 514 g/mol. The summed E-state index contributed by atoms with van der Waals surface area (Å²) < 4.78 is 10.6. The molecule has 38 heavy (non-hydrogen) atoms. The molecule has 11 heteroatoms. The lowest BCUT2D eigenvalue weighted by atomic mass is 9.81. The van der Waals surface area contributed by atoms with Crippen LogP contribution < -0.4 is 5.43 Å². The summed E-state index contributed by atoms with van der Waals surface area (Å²) in [6.07, 6.45) is -1.83. The molecule has 0 unspecified atom stereocenters. The number of ether oxygens (including phenoxy) is 2. The third kappa shape index (κ3) is 7.53. The van der Waals surface area contributed by atoms with E-state index in [9.17, 15) is 24.5 Å². The van der Waals surface area contributed by atoms with Crippen molar-refractivity contribution in [1.82, 2.24) is 10.4 Å². The summed E-state index contributed by atoms with van der Waals surface area (Å²) in [7, 11) is 0. The minimum absolute atomic E-state index is 0.121. The van der Waals surface area contributed by atoms with Crippen molar-refractivity contribution in [2.75, 3.05) is 6.54 Å². The van der Waals surface area contributed by atoms with Gasteiger partial charge in [0, 0.05) is 9.95 Å². The van der Waals surface area contributed by atoms with Gasteiger partial charge in [0.1, 0.15) is 25.0 Å². The molecule has 0 fully saturated rings. The van der Waals surface area contributed by atoms with Gasteiger partial charge in [0.15, 0.2) is 0 Å². The Kier molecular flexibility index (Phi) is 9.78. The number of benzene rings is 3. The smallest absolute Gasteiger partial charge is 0.430 e. The van der Waals surface area contributed by atoms with Crippen molar-refractivity contribution in [2.24, 2.45) is 0 Å². The van der Waals surface area contributed by atoms with Crippen LogP contribution in [-0.4, -0.2) is 40.5 Å². The minimum atomic E-state index is -1.97. The zero-order valence-corrected chi connectivity index (χ0v) is 21.2. The fraction of sp³-hybridized carbons (Fsp3) is 0.222. The molecule has 2 atom stereocenters. The van der Waals surface area contributed by atoms with Crippen LogP contribution in [0.3, 0.4) is 0 Å². The molecule has 198 valence electrons. The van der Waals surface area contributed by atoms with Crippen LogP contribution in [0.25, 0.3) is 0 Å². The summed E-state index contributed by atoms with van der Waals surface area (Å²) in [5, 5.41) is 12.5. The number of carbonyl (C=O) groups excluding carboxylic acids is 3. The highest BCUT2D eigenvalue weighted by Gasteiger charge is 2.48. The Morgan fingerprint density at radius 2 is 1.58 bits per heavy atom. The zero-order valence-electron chi connectivity index (χ0n) is 20.5. The van der Waals surface area contributed by atoms with Gasteiger partial charge >= 0.3 is 12.2 Å². The lowest BCUT2D eigenvalue weighted by Gasteiger charge is -2.39. The van der Waals surface area contributed by atoms with Crippen LogP contribution in [0.4, 0.5) is 9.59 Å². The van der Waals surface area contributed by atoms with E-state index in [0.717, 1.165) is 0 Å². The Hall–Kier alpha value is -4.44. The summed E-state index contributed by atoms with van der Waals surface area (Å²) >= 11 is 6.11. The van der Waals surface area contributed by atoms with Gasteiger partial charge < -0.3 is 14.3 Å². The molecule has 0 aliphatic carbocycles. The topological polar surface area (TPSA) is 128 Å². The Morgan fingerprint density at radius 1 is 1.00 bits per heavy atom. The molecule has 0 radical (unpaired) electrons. The molecule has 0 heterocycles. The van der Waals surface area contributed by atoms with E-state index < -0.39 is 35.1 Å². The van der Waals surface area contributed by atoms with Gasteiger partial charge in [-0.05, 0) is 35.7 Å². The van der Waals surface area contributed by atoms with E-state index in [0.29, 0.717) is 28.0 Å². The van der Waals surface area contributed by atoms with Crippen LogP contribution in [0.2, 0.25) is 5.02 Å². The maximum atomic E-state index is 13.3. The van der Waals surface area contributed by atoms with Gasteiger partial charge in [0.2, 0.25) is 6.54 Å². The fourth-order valence-corrected chi connectivity index (χ4v) is 3.98. The van der Waals surface area contributed by atoms with Crippen molar-refractivity contribution >= 4 is 30.1 Å². The van der Waals surface area contributed by atoms with Crippen molar-refractivity contribution in [3.05, 3.63) is 117 Å². The monoisotopic (exact) mass is 539 g/mol. The lowest BCUT2D eigenvalue weighted by molar-refractivity contribution is -0.485. The number of amides is 2. The van der Waals surface area contributed by atoms with Crippen LogP contribution in [0, 0.1) is 10.1 Å². The van der Waals surface area contributed by atoms with Gasteiger partial charge in [0.05, 0.1) is 5.92 Å². The maximum Gasteiger partial charge on any atom is 0.430 e. The van der Waals surface area contributed by atoms with Crippen LogP contribution in [0.1, 0.15) is 29.5 Å². The van der Waals surface area contributed by atoms with Gasteiger partial charge in [-0.15, -0.1) is 0 Å². The number of halogens is 1. The van der Waals surface area contributed by atoms with E-state index in [2.05, 4.69) is 5.43 Å². The van der Waals surface area contributed by atoms with Crippen LogP contribution >= 0.6 is 11.6 Å². The Labute approximate surface area is 224 Å². The predicted molar refractivity (Wildman–Crippen MR) is 139 cm³/mol. The van der Waals surface area contributed by atoms with E-state index in [1.54, 1.807) is 78.9 Å². The lowest BCUT2D eigenvalue weighted by Crippen LogP contribution is -2.63. The van der Waals surface area contributed by atoms with Crippen molar-refractivity contribution in [3.63, 3.8) is 0 Å². The first-order valence-electron chi connectivity index (χ1n) is 11.5. The minimum Gasteiger partial charge on any atom is -0.443 e. The molecule has 0 aliphatic heterocycles. The summed E-state index contributed by atoms with van der Waals surface area (Å²) in [6, 6.07) is 23.7. The first-order valence-corrected chi connectivity index (χ1v) is 11.9. The van der Waals surface area contributed by atoms with Gasteiger partial charge in [0.25, 0.3) is 0 Å². The van der Waals surface area contributed by atoms with Gasteiger partial charge in [-0.25, -0.2) is 20.0 Å². The number of nitro groups is 1. The van der Waals surface area contributed by atoms with E-state index in [1.807, 2.05) is 0 Å². The SMILES string of the molecule is C[C@@](C=O)([C@H](C[N+](=O)[O-])c1cccc(Cl)c1)N(NC(=O)OCc1ccccc1)C(=O)OCc1ccccc1. The van der Waals surface area contributed by atoms with Gasteiger partial charge in [-0.2, -0.15) is 0 Å². The average molecular weight is 540 g/mol. The normalized spacial score (nSPS) is 12.9. The molecule has 10 nitrogen and oxygen atoms in total.